The predicted molar refractivity (Wildman–Crippen MR) is 60.2 cm³/mol. The largest absolute Gasteiger partial charge is 0.399 e. The SMILES string of the molecule is CCCCS(=O)(=O)Oc1cccc(N)c1. The summed E-state index contributed by atoms with van der Waals surface area (Å²) in [5.41, 5.74) is 5.99. The van der Waals surface area contributed by atoms with E-state index in [4.69, 9.17) is 9.92 Å². The summed E-state index contributed by atoms with van der Waals surface area (Å²) in [5, 5.41) is 0. The standard InChI is InChI=1S/C10H15NO3S/c1-2-3-7-15(12,13)14-10-6-4-5-9(11)8-10/h4-6,8H,2-3,7,11H2,1H3. The lowest BCUT2D eigenvalue weighted by atomic mass is 10.3. The highest BCUT2D eigenvalue weighted by Gasteiger charge is 2.11. The third kappa shape index (κ3) is 4.20. The molecule has 0 atom stereocenters. The third-order valence-corrected chi connectivity index (χ3v) is 3.06. The summed E-state index contributed by atoms with van der Waals surface area (Å²) >= 11 is 0. The van der Waals surface area contributed by atoms with Gasteiger partial charge < -0.3 is 9.92 Å². The Labute approximate surface area is 90.2 Å². The Balaban J connectivity index is 2.69. The van der Waals surface area contributed by atoms with Crippen LogP contribution in [-0.2, 0) is 10.1 Å². The number of hydrogen-bond acceptors (Lipinski definition) is 4. The number of benzene rings is 1. The average Bonchev–Trinajstić information content (AvgIpc) is 2.14. The molecule has 1 aromatic carbocycles. The average molecular weight is 229 g/mol. The Hall–Kier alpha value is -1.23. The van der Waals surface area contributed by atoms with Crippen LogP contribution in [0.2, 0.25) is 0 Å². The molecule has 2 N–H and O–H groups in total. The smallest absolute Gasteiger partial charge is 0.309 e. The van der Waals surface area contributed by atoms with Gasteiger partial charge >= 0.3 is 10.1 Å². The fourth-order valence-corrected chi connectivity index (χ4v) is 2.20. The molecule has 0 amide bonds. The van der Waals surface area contributed by atoms with Gasteiger partial charge in [-0.3, -0.25) is 0 Å². The topological polar surface area (TPSA) is 69.4 Å². The molecule has 0 heterocycles. The van der Waals surface area contributed by atoms with Crippen LogP contribution in [0.25, 0.3) is 0 Å². The van der Waals surface area contributed by atoms with Crippen LogP contribution in [0.4, 0.5) is 5.69 Å². The van der Waals surface area contributed by atoms with Crippen molar-refractivity contribution in [2.45, 2.75) is 19.8 Å². The van der Waals surface area contributed by atoms with Crippen molar-refractivity contribution in [1.29, 1.82) is 0 Å². The summed E-state index contributed by atoms with van der Waals surface area (Å²) in [6, 6.07) is 6.38. The molecule has 0 spiro atoms. The van der Waals surface area contributed by atoms with Crippen LogP contribution in [0.3, 0.4) is 0 Å². The van der Waals surface area contributed by atoms with Crippen LogP contribution >= 0.6 is 0 Å². The normalized spacial score (nSPS) is 11.3. The molecular weight excluding hydrogens is 214 g/mol. The molecule has 0 aliphatic carbocycles. The van der Waals surface area contributed by atoms with E-state index in [0.717, 1.165) is 6.42 Å². The fraction of sp³-hybridized carbons (Fsp3) is 0.400. The highest BCUT2D eigenvalue weighted by molar-refractivity contribution is 7.87. The first kappa shape index (κ1) is 11.8. The predicted octanol–water partition coefficient (Wildman–Crippen LogP) is 1.78. The Kier molecular flexibility index (Phi) is 3.96. The summed E-state index contributed by atoms with van der Waals surface area (Å²) in [4.78, 5) is 0. The van der Waals surface area contributed by atoms with E-state index in [9.17, 15) is 8.42 Å². The van der Waals surface area contributed by atoms with E-state index in [1.54, 1.807) is 18.2 Å². The van der Waals surface area contributed by atoms with Gasteiger partial charge in [-0.05, 0) is 18.6 Å². The van der Waals surface area contributed by atoms with Crippen molar-refractivity contribution < 1.29 is 12.6 Å². The number of rotatable bonds is 5. The Bertz CT molecular complexity index is 414. The molecule has 0 radical (unpaired) electrons. The van der Waals surface area contributed by atoms with Gasteiger partial charge in [0.2, 0.25) is 0 Å². The van der Waals surface area contributed by atoms with Crippen LogP contribution in [0.1, 0.15) is 19.8 Å². The van der Waals surface area contributed by atoms with Gasteiger partial charge in [0.05, 0.1) is 5.75 Å². The summed E-state index contributed by atoms with van der Waals surface area (Å²) in [6.07, 6.45) is 1.42. The zero-order chi connectivity index (χ0) is 11.3. The van der Waals surface area contributed by atoms with Crippen LogP contribution in [0.5, 0.6) is 5.75 Å². The zero-order valence-corrected chi connectivity index (χ0v) is 9.46. The Morgan fingerprint density at radius 2 is 2.13 bits per heavy atom. The van der Waals surface area contributed by atoms with E-state index in [1.165, 1.54) is 6.07 Å². The zero-order valence-electron chi connectivity index (χ0n) is 8.64. The van der Waals surface area contributed by atoms with Gasteiger partial charge in [-0.2, -0.15) is 8.42 Å². The molecule has 0 unspecified atom stereocenters. The highest BCUT2D eigenvalue weighted by Crippen LogP contribution is 2.17. The van der Waals surface area contributed by atoms with Crippen molar-refractivity contribution in [2.75, 3.05) is 11.5 Å². The summed E-state index contributed by atoms with van der Waals surface area (Å²) < 4.78 is 27.7. The minimum Gasteiger partial charge on any atom is -0.399 e. The summed E-state index contributed by atoms with van der Waals surface area (Å²) in [7, 11) is -3.47. The first-order valence-corrected chi connectivity index (χ1v) is 6.39. The summed E-state index contributed by atoms with van der Waals surface area (Å²) in [6.45, 7) is 1.93. The van der Waals surface area contributed by atoms with Crippen molar-refractivity contribution >= 4 is 15.8 Å². The van der Waals surface area contributed by atoms with Crippen molar-refractivity contribution in [1.82, 2.24) is 0 Å². The second-order valence-electron chi connectivity index (χ2n) is 3.27. The monoisotopic (exact) mass is 229 g/mol. The van der Waals surface area contributed by atoms with Crippen LogP contribution in [0.15, 0.2) is 24.3 Å². The fourth-order valence-electron chi connectivity index (χ4n) is 1.08. The Morgan fingerprint density at radius 1 is 1.40 bits per heavy atom. The van der Waals surface area contributed by atoms with E-state index in [-0.39, 0.29) is 11.5 Å². The first-order chi connectivity index (χ1) is 7.03. The van der Waals surface area contributed by atoms with Crippen LogP contribution in [-0.4, -0.2) is 14.2 Å². The number of nitrogens with two attached hydrogens (primary N) is 1. The summed E-state index contributed by atoms with van der Waals surface area (Å²) in [5.74, 6) is 0.310. The maximum atomic E-state index is 11.4. The molecule has 84 valence electrons. The Morgan fingerprint density at radius 3 is 2.73 bits per heavy atom. The lowest BCUT2D eigenvalue weighted by Gasteiger charge is -2.06. The molecule has 0 saturated heterocycles. The molecule has 1 aromatic rings. The lowest BCUT2D eigenvalue weighted by molar-refractivity contribution is 0.484. The highest BCUT2D eigenvalue weighted by atomic mass is 32.2. The second-order valence-corrected chi connectivity index (χ2v) is 4.96. The molecule has 5 heteroatoms. The van der Waals surface area contributed by atoms with E-state index in [1.807, 2.05) is 6.92 Å². The van der Waals surface area contributed by atoms with E-state index in [2.05, 4.69) is 0 Å². The molecular formula is C10H15NO3S. The molecule has 0 aliphatic heterocycles. The molecule has 1 rings (SSSR count). The van der Waals surface area contributed by atoms with Gasteiger partial charge in [-0.1, -0.05) is 19.4 Å². The van der Waals surface area contributed by atoms with Crippen LogP contribution in [0, 0.1) is 0 Å². The van der Waals surface area contributed by atoms with E-state index < -0.39 is 10.1 Å². The van der Waals surface area contributed by atoms with Crippen molar-refractivity contribution in [3.05, 3.63) is 24.3 Å². The van der Waals surface area contributed by atoms with Gasteiger partial charge in [0.15, 0.2) is 0 Å². The van der Waals surface area contributed by atoms with Crippen molar-refractivity contribution in [2.24, 2.45) is 0 Å². The lowest BCUT2D eigenvalue weighted by Crippen LogP contribution is -2.13. The minimum absolute atomic E-state index is 0.0400. The molecule has 4 nitrogen and oxygen atoms in total. The first-order valence-electron chi connectivity index (χ1n) is 4.81. The van der Waals surface area contributed by atoms with Gasteiger partial charge in [0.1, 0.15) is 5.75 Å². The molecule has 15 heavy (non-hydrogen) atoms. The van der Waals surface area contributed by atoms with Crippen molar-refractivity contribution in [3.8, 4) is 5.75 Å². The van der Waals surface area contributed by atoms with Gasteiger partial charge in [0, 0.05) is 11.8 Å². The molecule has 0 bridgehead atoms. The quantitative estimate of drug-likeness (QED) is 0.617. The second kappa shape index (κ2) is 5.02. The number of anilines is 1. The number of unbranched alkanes of at least 4 members (excludes halogenated alkanes) is 1. The van der Waals surface area contributed by atoms with Crippen molar-refractivity contribution in [3.63, 3.8) is 0 Å². The van der Waals surface area contributed by atoms with E-state index >= 15 is 0 Å². The van der Waals surface area contributed by atoms with Crippen LogP contribution < -0.4 is 9.92 Å². The van der Waals surface area contributed by atoms with E-state index in [0.29, 0.717) is 12.1 Å². The maximum Gasteiger partial charge on any atom is 0.309 e. The molecule has 0 aromatic heterocycles. The number of hydrogen-bond donors (Lipinski definition) is 1. The maximum absolute atomic E-state index is 11.4. The number of nitrogen functional groups attached to an aromatic ring is 1. The minimum atomic E-state index is -3.47. The third-order valence-electron chi connectivity index (χ3n) is 1.83. The molecule has 0 aliphatic rings. The van der Waals surface area contributed by atoms with Gasteiger partial charge in [-0.25, -0.2) is 0 Å². The van der Waals surface area contributed by atoms with Gasteiger partial charge in [-0.15, -0.1) is 0 Å². The van der Waals surface area contributed by atoms with Gasteiger partial charge in [0.25, 0.3) is 0 Å². The molecule has 0 fully saturated rings. The molecule has 0 saturated carbocycles.